The summed E-state index contributed by atoms with van der Waals surface area (Å²) in [7, 11) is -1.54. The van der Waals surface area contributed by atoms with E-state index in [1.807, 2.05) is 32.0 Å². The first-order chi connectivity index (χ1) is 12.4. The van der Waals surface area contributed by atoms with Gasteiger partial charge in [0.2, 0.25) is 10.0 Å². The first-order valence-electron chi connectivity index (χ1n) is 9.05. The zero-order valence-corrected chi connectivity index (χ0v) is 20.1. The molecule has 0 saturated heterocycles. The highest BCUT2D eigenvalue weighted by Gasteiger charge is 2.44. The van der Waals surface area contributed by atoms with E-state index in [0.29, 0.717) is 25.6 Å². The summed E-state index contributed by atoms with van der Waals surface area (Å²) < 4.78 is 25.9. The molecule has 0 aliphatic heterocycles. The Morgan fingerprint density at radius 2 is 1.93 bits per heavy atom. The number of halogens is 2. The molecule has 1 aromatic rings. The van der Waals surface area contributed by atoms with Gasteiger partial charge in [0.05, 0.1) is 5.75 Å². The molecular formula is C18H30ClIN4O2S. The third kappa shape index (κ3) is 6.76. The Bertz CT molecular complexity index is 735. The van der Waals surface area contributed by atoms with Crippen LogP contribution < -0.4 is 10.6 Å². The van der Waals surface area contributed by atoms with Crippen LogP contribution in [0.25, 0.3) is 0 Å². The third-order valence-corrected chi connectivity index (χ3v) is 7.12. The van der Waals surface area contributed by atoms with Gasteiger partial charge in [-0.05, 0) is 30.5 Å². The zero-order valence-electron chi connectivity index (χ0n) is 16.2. The minimum atomic E-state index is -3.23. The van der Waals surface area contributed by atoms with E-state index in [1.54, 1.807) is 7.05 Å². The van der Waals surface area contributed by atoms with Gasteiger partial charge >= 0.3 is 0 Å². The third-order valence-electron chi connectivity index (χ3n) is 4.86. The number of nitrogens with zero attached hydrogens (tertiary/aromatic N) is 2. The monoisotopic (exact) mass is 528 g/mol. The van der Waals surface area contributed by atoms with Gasteiger partial charge in [-0.15, -0.1) is 24.0 Å². The second-order valence-corrected chi connectivity index (χ2v) is 9.07. The molecule has 0 aromatic heterocycles. The summed E-state index contributed by atoms with van der Waals surface area (Å²) >= 11 is 6.11. The molecule has 0 unspecified atom stereocenters. The smallest absolute Gasteiger partial charge is 0.215 e. The van der Waals surface area contributed by atoms with Crippen LogP contribution in [0.15, 0.2) is 29.3 Å². The average Bonchev–Trinajstić information content (AvgIpc) is 3.40. The number of guanidine groups is 1. The Morgan fingerprint density at radius 3 is 2.44 bits per heavy atom. The van der Waals surface area contributed by atoms with Crippen LogP contribution in [-0.4, -0.2) is 57.7 Å². The predicted octanol–water partition coefficient (Wildman–Crippen LogP) is 2.83. The van der Waals surface area contributed by atoms with Gasteiger partial charge in [0.15, 0.2) is 5.96 Å². The minimum absolute atomic E-state index is 0. The molecular weight excluding hydrogens is 499 g/mol. The molecule has 154 valence electrons. The van der Waals surface area contributed by atoms with Crippen LogP contribution in [0.2, 0.25) is 5.02 Å². The summed E-state index contributed by atoms with van der Waals surface area (Å²) in [4.78, 5) is 4.19. The van der Waals surface area contributed by atoms with Crippen LogP contribution in [0.3, 0.4) is 0 Å². The molecule has 1 saturated carbocycles. The number of aliphatic imine (C=N–C) groups is 1. The van der Waals surface area contributed by atoms with Crippen LogP contribution in [-0.2, 0) is 15.4 Å². The van der Waals surface area contributed by atoms with Gasteiger partial charge in [0.1, 0.15) is 0 Å². The zero-order chi connectivity index (χ0) is 19.2. The number of rotatable bonds is 9. The lowest BCUT2D eigenvalue weighted by Crippen LogP contribution is -2.44. The molecule has 1 aliphatic rings. The largest absolute Gasteiger partial charge is 0.356 e. The number of hydrogen-bond donors (Lipinski definition) is 2. The molecule has 2 rings (SSSR count). The van der Waals surface area contributed by atoms with Crippen LogP contribution >= 0.6 is 35.6 Å². The normalized spacial score (nSPS) is 16.0. The van der Waals surface area contributed by atoms with E-state index in [2.05, 4.69) is 21.7 Å². The summed E-state index contributed by atoms with van der Waals surface area (Å²) in [5.74, 6) is 0.669. The molecule has 6 nitrogen and oxygen atoms in total. The van der Waals surface area contributed by atoms with E-state index in [0.717, 1.165) is 24.4 Å². The lowest BCUT2D eigenvalue weighted by molar-refractivity contribution is 0.445. The molecule has 0 atom stereocenters. The number of sulfonamides is 1. The molecule has 0 spiro atoms. The van der Waals surface area contributed by atoms with Gasteiger partial charge in [0.25, 0.3) is 0 Å². The van der Waals surface area contributed by atoms with Crippen molar-refractivity contribution in [3.05, 3.63) is 34.9 Å². The maximum absolute atomic E-state index is 12.2. The van der Waals surface area contributed by atoms with Gasteiger partial charge in [-0.25, -0.2) is 12.7 Å². The quantitative estimate of drug-likeness (QED) is 0.294. The van der Waals surface area contributed by atoms with Gasteiger partial charge in [-0.1, -0.05) is 37.6 Å². The van der Waals surface area contributed by atoms with Gasteiger partial charge in [-0.2, -0.15) is 0 Å². The average molecular weight is 529 g/mol. The second kappa shape index (κ2) is 10.8. The van der Waals surface area contributed by atoms with Crippen molar-refractivity contribution >= 4 is 51.6 Å². The highest BCUT2D eigenvalue weighted by atomic mass is 127. The number of nitrogens with one attached hydrogen (secondary N) is 2. The van der Waals surface area contributed by atoms with Crippen molar-refractivity contribution in [2.24, 2.45) is 4.99 Å². The lowest BCUT2D eigenvalue weighted by atomic mass is 9.96. The molecule has 1 fully saturated rings. The van der Waals surface area contributed by atoms with Crippen molar-refractivity contribution in [1.29, 1.82) is 0 Å². The van der Waals surface area contributed by atoms with Gasteiger partial charge in [-0.3, -0.25) is 4.99 Å². The Kier molecular flexibility index (Phi) is 9.81. The lowest BCUT2D eigenvalue weighted by Gasteiger charge is -2.21. The molecule has 9 heteroatoms. The van der Waals surface area contributed by atoms with Crippen LogP contribution in [0.4, 0.5) is 0 Å². The van der Waals surface area contributed by atoms with Crippen molar-refractivity contribution in [2.75, 3.05) is 39.0 Å². The number of benzene rings is 1. The molecule has 0 amide bonds. The second-order valence-electron chi connectivity index (χ2n) is 6.54. The molecule has 1 aromatic carbocycles. The maximum atomic E-state index is 12.2. The Morgan fingerprint density at radius 1 is 1.26 bits per heavy atom. The van der Waals surface area contributed by atoms with Crippen molar-refractivity contribution < 1.29 is 8.42 Å². The van der Waals surface area contributed by atoms with E-state index in [9.17, 15) is 8.42 Å². The first-order valence-corrected chi connectivity index (χ1v) is 11.0. The fourth-order valence-electron chi connectivity index (χ4n) is 3.05. The summed E-state index contributed by atoms with van der Waals surface area (Å²) in [6, 6.07) is 7.98. The van der Waals surface area contributed by atoms with Crippen LogP contribution in [0, 0.1) is 0 Å². The van der Waals surface area contributed by atoms with E-state index in [-0.39, 0.29) is 35.1 Å². The van der Waals surface area contributed by atoms with Crippen molar-refractivity contribution in [1.82, 2.24) is 14.9 Å². The van der Waals surface area contributed by atoms with Crippen molar-refractivity contribution in [3.63, 3.8) is 0 Å². The predicted molar refractivity (Wildman–Crippen MR) is 124 cm³/mol. The molecule has 27 heavy (non-hydrogen) atoms. The van der Waals surface area contributed by atoms with Crippen molar-refractivity contribution in [2.45, 2.75) is 32.1 Å². The topological polar surface area (TPSA) is 73.8 Å². The van der Waals surface area contributed by atoms with Crippen LogP contribution in [0.1, 0.15) is 32.3 Å². The molecule has 2 N–H and O–H groups in total. The highest BCUT2D eigenvalue weighted by molar-refractivity contribution is 14.0. The SMILES string of the molecule is CCN(CC)S(=O)(=O)CCNC(=NC)NCC1(c2cccc(Cl)c2)CC1.I. The van der Waals surface area contributed by atoms with E-state index in [1.165, 1.54) is 9.87 Å². The minimum Gasteiger partial charge on any atom is -0.356 e. The maximum Gasteiger partial charge on any atom is 0.215 e. The van der Waals surface area contributed by atoms with E-state index in [4.69, 9.17) is 11.6 Å². The summed E-state index contributed by atoms with van der Waals surface area (Å²) in [5, 5.41) is 7.17. The Hall–Kier alpha value is -0.580. The van der Waals surface area contributed by atoms with Crippen molar-refractivity contribution in [3.8, 4) is 0 Å². The molecule has 1 aliphatic carbocycles. The molecule has 0 heterocycles. The Labute approximate surface area is 185 Å². The summed E-state index contributed by atoms with van der Waals surface area (Å²) in [5.41, 5.74) is 1.33. The van der Waals surface area contributed by atoms with E-state index >= 15 is 0 Å². The first kappa shape index (κ1) is 24.5. The Balaban J connectivity index is 0.00000364. The van der Waals surface area contributed by atoms with Gasteiger partial charge in [0, 0.05) is 43.7 Å². The van der Waals surface area contributed by atoms with Gasteiger partial charge < -0.3 is 10.6 Å². The fraction of sp³-hybridized carbons (Fsp3) is 0.611. The standard InChI is InChI=1S/C18H29ClN4O2S.HI/c1-4-23(5-2)26(24,25)12-11-21-17(20-3)22-14-18(9-10-18)15-7-6-8-16(19)13-15;/h6-8,13H,4-5,9-12,14H2,1-3H3,(H2,20,21,22);1H. The summed E-state index contributed by atoms with van der Waals surface area (Å²) in [6.45, 7) is 5.75. The highest BCUT2D eigenvalue weighted by Crippen LogP contribution is 2.48. The van der Waals surface area contributed by atoms with E-state index < -0.39 is 10.0 Å². The van der Waals surface area contributed by atoms with Crippen LogP contribution in [0.5, 0.6) is 0 Å². The number of hydrogen-bond acceptors (Lipinski definition) is 3. The fourth-order valence-corrected chi connectivity index (χ4v) is 4.65. The molecule has 0 radical (unpaired) electrons. The summed E-state index contributed by atoms with van der Waals surface area (Å²) in [6.07, 6.45) is 2.21. The molecule has 0 bridgehead atoms.